The molecule has 0 aliphatic rings. The molecule has 3 aromatic rings. The van der Waals surface area contributed by atoms with Gasteiger partial charge in [-0.05, 0) is 19.1 Å². The van der Waals surface area contributed by atoms with Gasteiger partial charge < -0.3 is 14.5 Å². The predicted octanol–water partition coefficient (Wildman–Crippen LogP) is 2.62. The standard InChI is InChI=1S/C17H17FN4O3/c1-11(12-7-19-22(2)8-12)20-17(23)15-9-25-16(21-15)10-24-14-5-3-4-13(18)6-14/h3-9,11H,10H2,1-2H3,(H,20,23)/t11-/m1/s1. The van der Waals surface area contributed by atoms with Crippen LogP contribution in [0, 0.1) is 5.82 Å². The Balaban J connectivity index is 1.57. The maximum Gasteiger partial charge on any atom is 0.273 e. The lowest BCUT2D eigenvalue weighted by atomic mass is 10.2. The minimum absolute atomic E-state index is 0.00507. The van der Waals surface area contributed by atoms with E-state index in [0.29, 0.717) is 5.75 Å². The summed E-state index contributed by atoms with van der Waals surface area (Å²) < 4.78 is 25.4. The van der Waals surface area contributed by atoms with E-state index in [9.17, 15) is 9.18 Å². The molecule has 0 aliphatic carbocycles. The van der Waals surface area contributed by atoms with Gasteiger partial charge in [0.05, 0.1) is 12.2 Å². The second-order valence-corrected chi connectivity index (χ2v) is 5.52. The molecule has 0 fully saturated rings. The quantitative estimate of drug-likeness (QED) is 0.743. The van der Waals surface area contributed by atoms with Gasteiger partial charge in [-0.1, -0.05) is 6.07 Å². The van der Waals surface area contributed by atoms with Crippen LogP contribution >= 0.6 is 0 Å². The van der Waals surface area contributed by atoms with E-state index in [2.05, 4.69) is 15.4 Å². The first-order valence-corrected chi connectivity index (χ1v) is 7.63. The van der Waals surface area contributed by atoms with Crippen LogP contribution in [-0.2, 0) is 13.7 Å². The average Bonchev–Trinajstić information content (AvgIpc) is 3.22. The van der Waals surface area contributed by atoms with Gasteiger partial charge in [0.25, 0.3) is 5.91 Å². The normalized spacial score (nSPS) is 12.0. The van der Waals surface area contributed by atoms with E-state index >= 15 is 0 Å². The van der Waals surface area contributed by atoms with Crippen molar-refractivity contribution in [3.8, 4) is 5.75 Å². The van der Waals surface area contributed by atoms with Crippen LogP contribution in [0.2, 0.25) is 0 Å². The van der Waals surface area contributed by atoms with Crippen molar-refractivity contribution < 1.29 is 18.3 Å². The van der Waals surface area contributed by atoms with Crippen LogP contribution in [0.25, 0.3) is 0 Å². The molecular weight excluding hydrogens is 327 g/mol. The molecule has 0 saturated heterocycles. The monoisotopic (exact) mass is 344 g/mol. The van der Waals surface area contributed by atoms with Crippen LogP contribution < -0.4 is 10.1 Å². The molecule has 1 N–H and O–H groups in total. The minimum Gasteiger partial charge on any atom is -0.484 e. The molecule has 7 nitrogen and oxygen atoms in total. The smallest absolute Gasteiger partial charge is 0.273 e. The molecule has 0 saturated carbocycles. The molecule has 0 spiro atoms. The number of nitrogens with one attached hydrogen (secondary N) is 1. The number of benzene rings is 1. The molecule has 8 heteroatoms. The summed E-state index contributed by atoms with van der Waals surface area (Å²) in [5.41, 5.74) is 1.03. The van der Waals surface area contributed by atoms with Crippen molar-refractivity contribution in [1.29, 1.82) is 0 Å². The molecule has 2 aromatic heterocycles. The predicted molar refractivity (Wildman–Crippen MR) is 86.3 cm³/mol. The molecule has 0 unspecified atom stereocenters. The van der Waals surface area contributed by atoms with Gasteiger partial charge in [-0.2, -0.15) is 5.10 Å². The van der Waals surface area contributed by atoms with E-state index in [4.69, 9.17) is 9.15 Å². The zero-order chi connectivity index (χ0) is 17.8. The summed E-state index contributed by atoms with van der Waals surface area (Å²) in [5, 5.41) is 6.88. The Labute approximate surface area is 143 Å². The van der Waals surface area contributed by atoms with Crippen molar-refractivity contribution in [1.82, 2.24) is 20.1 Å². The van der Waals surface area contributed by atoms with E-state index < -0.39 is 5.82 Å². The third kappa shape index (κ3) is 4.23. The van der Waals surface area contributed by atoms with Crippen molar-refractivity contribution >= 4 is 5.91 Å². The van der Waals surface area contributed by atoms with Crippen molar-refractivity contribution in [2.45, 2.75) is 19.6 Å². The summed E-state index contributed by atoms with van der Waals surface area (Å²) in [6.07, 6.45) is 4.77. The number of oxazole rings is 1. The molecule has 2 heterocycles. The summed E-state index contributed by atoms with van der Waals surface area (Å²) in [6.45, 7) is 1.85. The van der Waals surface area contributed by atoms with Crippen molar-refractivity contribution in [2.24, 2.45) is 7.05 Å². The zero-order valence-corrected chi connectivity index (χ0v) is 13.8. The Morgan fingerprint density at radius 3 is 3.04 bits per heavy atom. The van der Waals surface area contributed by atoms with Crippen LogP contribution in [0.15, 0.2) is 47.3 Å². The summed E-state index contributed by atoms with van der Waals surface area (Å²) in [4.78, 5) is 16.3. The fraction of sp³-hybridized carbons (Fsp3) is 0.235. The third-order valence-electron chi connectivity index (χ3n) is 3.52. The first-order valence-electron chi connectivity index (χ1n) is 7.63. The highest BCUT2D eigenvalue weighted by Gasteiger charge is 2.16. The lowest BCUT2D eigenvalue weighted by molar-refractivity contribution is 0.0934. The molecule has 3 rings (SSSR count). The molecule has 130 valence electrons. The Morgan fingerprint density at radius 2 is 2.32 bits per heavy atom. The Kier molecular flexibility index (Phi) is 4.78. The highest BCUT2D eigenvalue weighted by molar-refractivity contribution is 5.92. The molecule has 25 heavy (non-hydrogen) atoms. The molecule has 1 amide bonds. The highest BCUT2D eigenvalue weighted by atomic mass is 19.1. The zero-order valence-electron chi connectivity index (χ0n) is 13.8. The number of aryl methyl sites for hydroxylation is 1. The lowest BCUT2D eigenvalue weighted by Gasteiger charge is -2.10. The SMILES string of the molecule is C[C@@H](NC(=O)c1coc(COc2cccc(F)c2)n1)c1cnn(C)c1. The average molecular weight is 344 g/mol. The summed E-state index contributed by atoms with van der Waals surface area (Å²) in [6, 6.07) is 5.52. The number of nitrogens with zero attached hydrogens (tertiary/aromatic N) is 3. The molecule has 0 radical (unpaired) electrons. The molecular formula is C17H17FN4O3. The first-order chi connectivity index (χ1) is 12.0. The fourth-order valence-corrected chi connectivity index (χ4v) is 2.20. The number of aromatic nitrogens is 3. The number of carbonyl (C=O) groups is 1. The van der Waals surface area contributed by atoms with Gasteiger partial charge in [0, 0.05) is 24.9 Å². The maximum absolute atomic E-state index is 13.1. The van der Waals surface area contributed by atoms with Crippen LogP contribution in [0.3, 0.4) is 0 Å². The number of carbonyl (C=O) groups excluding carboxylic acids is 1. The van der Waals surface area contributed by atoms with Crippen LogP contribution in [0.1, 0.15) is 34.9 Å². The van der Waals surface area contributed by atoms with E-state index in [1.54, 1.807) is 30.1 Å². The Hall–Kier alpha value is -3.16. The highest BCUT2D eigenvalue weighted by Crippen LogP contribution is 2.15. The second kappa shape index (κ2) is 7.16. The van der Waals surface area contributed by atoms with E-state index in [1.165, 1.54) is 18.4 Å². The number of rotatable bonds is 6. The van der Waals surface area contributed by atoms with Crippen LogP contribution in [-0.4, -0.2) is 20.7 Å². The molecule has 1 atom stereocenters. The number of hydrogen-bond donors (Lipinski definition) is 1. The Bertz CT molecular complexity index is 874. The second-order valence-electron chi connectivity index (χ2n) is 5.52. The van der Waals surface area contributed by atoms with E-state index in [-0.39, 0.29) is 30.1 Å². The van der Waals surface area contributed by atoms with E-state index in [0.717, 1.165) is 5.56 Å². The van der Waals surface area contributed by atoms with Crippen LogP contribution in [0.5, 0.6) is 5.75 Å². The van der Waals surface area contributed by atoms with Gasteiger partial charge in [-0.25, -0.2) is 9.37 Å². The first kappa shape index (κ1) is 16.7. The number of ether oxygens (including phenoxy) is 1. The molecule has 0 aliphatic heterocycles. The van der Waals surface area contributed by atoms with Crippen molar-refractivity contribution in [3.05, 3.63) is 65.9 Å². The minimum atomic E-state index is -0.394. The summed E-state index contributed by atoms with van der Waals surface area (Å²) >= 11 is 0. The lowest BCUT2D eigenvalue weighted by Crippen LogP contribution is -2.26. The van der Waals surface area contributed by atoms with Gasteiger partial charge in [0.1, 0.15) is 17.8 Å². The van der Waals surface area contributed by atoms with Crippen molar-refractivity contribution in [3.63, 3.8) is 0 Å². The Morgan fingerprint density at radius 1 is 1.48 bits per heavy atom. The summed E-state index contributed by atoms with van der Waals surface area (Å²) in [5.74, 6) is -0.177. The number of halogens is 1. The third-order valence-corrected chi connectivity index (χ3v) is 3.52. The van der Waals surface area contributed by atoms with Gasteiger partial charge >= 0.3 is 0 Å². The van der Waals surface area contributed by atoms with Crippen LogP contribution in [0.4, 0.5) is 4.39 Å². The summed E-state index contributed by atoms with van der Waals surface area (Å²) in [7, 11) is 1.81. The molecule has 1 aromatic carbocycles. The topological polar surface area (TPSA) is 82.2 Å². The largest absolute Gasteiger partial charge is 0.484 e. The van der Waals surface area contributed by atoms with Crippen molar-refractivity contribution in [2.75, 3.05) is 0 Å². The van der Waals surface area contributed by atoms with Gasteiger partial charge in [-0.15, -0.1) is 0 Å². The van der Waals surface area contributed by atoms with Gasteiger partial charge in [0.15, 0.2) is 12.3 Å². The van der Waals surface area contributed by atoms with E-state index in [1.807, 2.05) is 13.1 Å². The number of hydrogen-bond acceptors (Lipinski definition) is 5. The molecule has 0 bridgehead atoms. The van der Waals surface area contributed by atoms with Gasteiger partial charge in [0.2, 0.25) is 5.89 Å². The fourth-order valence-electron chi connectivity index (χ4n) is 2.20. The van der Waals surface area contributed by atoms with Gasteiger partial charge in [-0.3, -0.25) is 9.48 Å². The maximum atomic E-state index is 13.1. The number of amides is 1.